The van der Waals surface area contributed by atoms with Gasteiger partial charge in [-0.3, -0.25) is 14.5 Å². The van der Waals surface area contributed by atoms with Gasteiger partial charge in [0, 0.05) is 24.7 Å². The Morgan fingerprint density at radius 3 is 2.38 bits per heavy atom. The van der Waals surface area contributed by atoms with Crippen molar-refractivity contribution in [2.24, 2.45) is 11.7 Å². The zero-order valence-corrected chi connectivity index (χ0v) is 19.1. The number of nitrogens with two attached hydrogens (primary N) is 1. The largest absolute Gasteiger partial charge is 0.379 e. The first-order chi connectivity index (χ1) is 12.9. The third-order valence-electron chi connectivity index (χ3n) is 4.69. The molecule has 1 saturated heterocycles. The molecule has 4 N–H and O–H groups in total. The number of ether oxygens (including phenoxy) is 1. The van der Waals surface area contributed by atoms with Crippen LogP contribution in [-0.2, 0) is 14.3 Å². The minimum absolute atomic E-state index is 0. The van der Waals surface area contributed by atoms with Crippen molar-refractivity contribution in [1.29, 1.82) is 0 Å². The Kier molecular flexibility index (Phi) is 13.5. The highest BCUT2D eigenvalue weighted by Gasteiger charge is 2.25. The molecule has 1 aliphatic heterocycles. The number of amides is 2. The Bertz CT molecular complexity index is 643. The van der Waals surface area contributed by atoms with Gasteiger partial charge in [-0.15, -0.1) is 24.8 Å². The SMILES string of the molecule is CC(C)[C@H](N)C(=O)NCC(=O)NCC(c1ccccc1Cl)N1CCOCC1.Cl.Cl. The van der Waals surface area contributed by atoms with Gasteiger partial charge in [-0.1, -0.05) is 43.6 Å². The summed E-state index contributed by atoms with van der Waals surface area (Å²) in [6.07, 6.45) is 0. The Labute approximate surface area is 189 Å². The van der Waals surface area contributed by atoms with Crippen LogP contribution in [0.15, 0.2) is 24.3 Å². The van der Waals surface area contributed by atoms with Gasteiger partial charge in [0.15, 0.2) is 0 Å². The van der Waals surface area contributed by atoms with Crippen LogP contribution in [0.2, 0.25) is 5.02 Å². The monoisotopic (exact) mass is 468 g/mol. The summed E-state index contributed by atoms with van der Waals surface area (Å²) in [5.41, 5.74) is 6.75. The third-order valence-corrected chi connectivity index (χ3v) is 5.03. The third kappa shape index (κ3) is 8.66. The molecule has 0 aromatic heterocycles. The van der Waals surface area contributed by atoms with Crippen molar-refractivity contribution in [3.63, 3.8) is 0 Å². The first kappa shape index (κ1) is 27.9. The Morgan fingerprint density at radius 2 is 1.79 bits per heavy atom. The lowest BCUT2D eigenvalue weighted by molar-refractivity contribution is -0.127. The van der Waals surface area contributed by atoms with E-state index in [2.05, 4.69) is 15.5 Å². The van der Waals surface area contributed by atoms with Crippen LogP contribution in [0.25, 0.3) is 0 Å². The molecule has 1 aromatic carbocycles. The molecule has 10 heteroatoms. The maximum absolute atomic E-state index is 12.2. The van der Waals surface area contributed by atoms with E-state index >= 15 is 0 Å². The van der Waals surface area contributed by atoms with Crippen molar-refractivity contribution in [2.75, 3.05) is 39.4 Å². The van der Waals surface area contributed by atoms with Gasteiger partial charge in [-0.2, -0.15) is 0 Å². The summed E-state index contributed by atoms with van der Waals surface area (Å²) < 4.78 is 5.43. The molecule has 1 aliphatic rings. The molecule has 2 rings (SSSR count). The number of nitrogens with one attached hydrogen (secondary N) is 2. The predicted molar refractivity (Wildman–Crippen MR) is 120 cm³/mol. The van der Waals surface area contributed by atoms with E-state index in [0.29, 0.717) is 24.8 Å². The number of hydrogen-bond acceptors (Lipinski definition) is 5. The summed E-state index contributed by atoms with van der Waals surface area (Å²) in [5.74, 6) is -0.570. The maximum atomic E-state index is 12.2. The fourth-order valence-corrected chi connectivity index (χ4v) is 3.19. The van der Waals surface area contributed by atoms with Gasteiger partial charge in [0.1, 0.15) is 0 Å². The molecule has 2 amide bonds. The average molecular weight is 470 g/mol. The molecule has 1 unspecified atom stereocenters. The van der Waals surface area contributed by atoms with Crippen LogP contribution in [-0.4, -0.2) is 62.1 Å². The van der Waals surface area contributed by atoms with Crippen LogP contribution in [0.3, 0.4) is 0 Å². The van der Waals surface area contributed by atoms with Gasteiger partial charge >= 0.3 is 0 Å². The molecule has 166 valence electrons. The summed E-state index contributed by atoms with van der Waals surface area (Å²) in [4.78, 5) is 26.3. The first-order valence-corrected chi connectivity index (χ1v) is 9.64. The quantitative estimate of drug-likeness (QED) is 0.539. The summed E-state index contributed by atoms with van der Waals surface area (Å²) in [7, 11) is 0. The van der Waals surface area contributed by atoms with E-state index in [9.17, 15) is 9.59 Å². The van der Waals surface area contributed by atoms with Crippen molar-refractivity contribution in [2.45, 2.75) is 25.9 Å². The van der Waals surface area contributed by atoms with E-state index in [1.54, 1.807) is 0 Å². The molecule has 0 radical (unpaired) electrons. The number of hydrogen-bond donors (Lipinski definition) is 3. The highest BCUT2D eigenvalue weighted by Crippen LogP contribution is 2.27. The summed E-state index contributed by atoms with van der Waals surface area (Å²) >= 11 is 6.38. The van der Waals surface area contributed by atoms with E-state index in [4.69, 9.17) is 22.1 Å². The van der Waals surface area contributed by atoms with Gasteiger partial charge in [0.05, 0.1) is 31.8 Å². The van der Waals surface area contributed by atoms with Crippen molar-refractivity contribution in [3.05, 3.63) is 34.9 Å². The second kappa shape index (κ2) is 14.0. The van der Waals surface area contributed by atoms with Crippen LogP contribution < -0.4 is 16.4 Å². The van der Waals surface area contributed by atoms with Gasteiger partial charge < -0.3 is 21.1 Å². The zero-order valence-electron chi connectivity index (χ0n) is 16.7. The van der Waals surface area contributed by atoms with E-state index in [0.717, 1.165) is 18.7 Å². The average Bonchev–Trinajstić information content (AvgIpc) is 2.67. The molecule has 0 aliphatic carbocycles. The Morgan fingerprint density at radius 1 is 1.17 bits per heavy atom. The normalized spacial score (nSPS) is 16.2. The molecule has 0 spiro atoms. The lowest BCUT2D eigenvalue weighted by Crippen LogP contribution is -2.48. The van der Waals surface area contributed by atoms with Crippen LogP contribution in [0.4, 0.5) is 0 Å². The minimum atomic E-state index is -0.623. The number of rotatable bonds is 8. The molecule has 0 saturated carbocycles. The number of benzene rings is 1. The standard InChI is InChI=1S/C19H29ClN4O3.2ClH/c1-13(2)18(21)19(26)23-12-17(25)22-11-16(24-7-9-27-10-8-24)14-5-3-4-6-15(14)20;;/h3-6,13,16,18H,7-12,21H2,1-2H3,(H,22,25)(H,23,26);2*1H/t16?,18-;;/m0../s1. The highest BCUT2D eigenvalue weighted by molar-refractivity contribution is 6.31. The van der Waals surface area contributed by atoms with Gasteiger partial charge in [0.2, 0.25) is 11.8 Å². The second-order valence-electron chi connectivity index (χ2n) is 6.98. The van der Waals surface area contributed by atoms with Gasteiger partial charge in [0.25, 0.3) is 0 Å². The molecule has 29 heavy (non-hydrogen) atoms. The van der Waals surface area contributed by atoms with Crippen LogP contribution >= 0.6 is 36.4 Å². The fourth-order valence-electron chi connectivity index (χ4n) is 2.93. The summed E-state index contributed by atoms with van der Waals surface area (Å²) in [6, 6.07) is 6.96. The maximum Gasteiger partial charge on any atom is 0.239 e. The van der Waals surface area contributed by atoms with E-state index in [1.807, 2.05) is 38.1 Å². The summed E-state index contributed by atoms with van der Waals surface area (Å²) in [6.45, 7) is 6.86. The molecule has 1 fully saturated rings. The lowest BCUT2D eigenvalue weighted by atomic mass is 10.0. The zero-order chi connectivity index (χ0) is 19.8. The van der Waals surface area contributed by atoms with Crippen molar-refractivity contribution < 1.29 is 14.3 Å². The molecule has 0 bridgehead atoms. The number of carbonyl (C=O) groups is 2. The first-order valence-electron chi connectivity index (χ1n) is 9.26. The smallest absolute Gasteiger partial charge is 0.239 e. The number of nitrogens with zero attached hydrogens (tertiary/aromatic N) is 1. The van der Waals surface area contributed by atoms with Gasteiger partial charge in [-0.25, -0.2) is 0 Å². The van der Waals surface area contributed by atoms with E-state index in [-0.39, 0.29) is 55.1 Å². The second-order valence-corrected chi connectivity index (χ2v) is 7.38. The molecular formula is C19H31Cl3N4O3. The Balaban J connectivity index is 0.00000392. The van der Waals surface area contributed by atoms with Crippen LogP contribution in [0.5, 0.6) is 0 Å². The van der Waals surface area contributed by atoms with E-state index < -0.39 is 6.04 Å². The summed E-state index contributed by atoms with van der Waals surface area (Å²) in [5, 5.41) is 6.14. The number of morpholine rings is 1. The fraction of sp³-hybridized carbons (Fsp3) is 0.579. The molecule has 2 atom stereocenters. The highest BCUT2D eigenvalue weighted by atomic mass is 35.5. The number of halogens is 3. The van der Waals surface area contributed by atoms with Crippen LogP contribution in [0.1, 0.15) is 25.5 Å². The molecule has 7 nitrogen and oxygen atoms in total. The molecule has 1 aromatic rings. The Hall–Kier alpha value is -1.09. The van der Waals surface area contributed by atoms with Crippen molar-refractivity contribution >= 4 is 48.2 Å². The predicted octanol–water partition coefficient (Wildman–Crippen LogP) is 1.77. The topological polar surface area (TPSA) is 96.7 Å². The van der Waals surface area contributed by atoms with Crippen molar-refractivity contribution in [1.82, 2.24) is 15.5 Å². The molecule has 1 heterocycles. The van der Waals surface area contributed by atoms with Crippen molar-refractivity contribution in [3.8, 4) is 0 Å². The lowest BCUT2D eigenvalue weighted by Gasteiger charge is -2.35. The molecular weight excluding hydrogens is 439 g/mol. The minimum Gasteiger partial charge on any atom is -0.379 e. The van der Waals surface area contributed by atoms with Crippen LogP contribution in [0, 0.1) is 5.92 Å². The van der Waals surface area contributed by atoms with Gasteiger partial charge in [-0.05, 0) is 17.5 Å². The van der Waals surface area contributed by atoms with E-state index in [1.165, 1.54) is 0 Å². The number of carbonyl (C=O) groups excluding carboxylic acids is 2.